The number of amides is 2. The predicted molar refractivity (Wildman–Crippen MR) is 86.6 cm³/mol. The van der Waals surface area contributed by atoms with E-state index in [1.54, 1.807) is 11.0 Å². The van der Waals surface area contributed by atoms with Crippen molar-refractivity contribution in [3.63, 3.8) is 0 Å². The number of anilines is 1. The number of carbonyl (C=O) groups excluding carboxylic acids is 2. The lowest BCUT2D eigenvalue weighted by Gasteiger charge is -2.21. The Bertz CT molecular complexity index is 729. The molecule has 1 saturated heterocycles. The van der Waals surface area contributed by atoms with Gasteiger partial charge in [0.05, 0.1) is 16.5 Å². The minimum absolute atomic E-state index is 0.00805. The zero-order chi connectivity index (χ0) is 16.8. The van der Waals surface area contributed by atoms with E-state index in [1.807, 2.05) is 4.90 Å². The maximum atomic E-state index is 12.9. The van der Waals surface area contributed by atoms with Gasteiger partial charge in [-0.25, -0.2) is 0 Å². The second-order valence-corrected chi connectivity index (χ2v) is 6.95. The summed E-state index contributed by atoms with van der Waals surface area (Å²) in [6.07, 6.45) is 3.30. The standard InChI is InChI=1S/C17H19N3O4/c21-16-7-13(10-18(16)9-11-1-2-11)17(22)19-6-5-12-3-4-14(20(23)24)8-15(12)19/h3-4,8,11,13H,1-2,5-7,9-10H2. The first-order valence-electron chi connectivity index (χ1n) is 8.39. The molecule has 0 bridgehead atoms. The number of carbonyl (C=O) groups is 2. The molecule has 24 heavy (non-hydrogen) atoms. The molecule has 1 aromatic rings. The topological polar surface area (TPSA) is 83.8 Å². The number of hydrogen-bond acceptors (Lipinski definition) is 4. The third-order valence-corrected chi connectivity index (χ3v) is 5.18. The van der Waals surface area contributed by atoms with Gasteiger partial charge in [0.1, 0.15) is 0 Å². The van der Waals surface area contributed by atoms with E-state index in [-0.39, 0.29) is 29.8 Å². The molecule has 1 saturated carbocycles. The van der Waals surface area contributed by atoms with Gasteiger partial charge in [0.15, 0.2) is 0 Å². The van der Waals surface area contributed by atoms with E-state index in [0.717, 1.165) is 12.1 Å². The molecule has 1 unspecified atom stereocenters. The Labute approximate surface area is 139 Å². The molecule has 7 heteroatoms. The summed E-state index contributed by atoms with van der Waals surface area (Å²) in [5.41, 5.74) is 1.57. The van der Waals surface area contributed by atoms with Gasteiger partial charge in [0.25, 0.3) is 5.69 Å². The molecule has 2 fully saturated rings. The molecule has 2 heterocycles. The highest BCUT2D eigenvalue weighted by molar-refractivity contribution is 6.00. The van der Waals surface area contributed by atoms with E-state index in [1.165, 1.54) is 25.0 Å². The molecule has 4 rings (SSSR count). The lowest BCUT2D eigenvalue weighted by molar-refractivity contribution is -0.384. The molecule has 2 aliphatic heterocycles. The summed E-state index contributed by atoms with van der Waals surface area (Å²) in [5.74, 6) is 0.249. The molecule has 1 aromatic carbocycles. The first kappa shape index (κ1) is 15.1. The van der Waals surface area contributed by atoms with Crippen LogP contribution in [0.4, 0.5) is 11.4 Å². The summed E-state index contributed by atoms with van der Waals surface area (Å²) in [5, 5.41) is 11.0. The van der Waals surface area contributed by atoms with Crippen molar-refractivity contribution in [3.05, 3.63) is 33.9 Å². The van der Waals surface area contributed by atoms with Gasteiger partial charge in [-0.05, 0) is 30.7 Å². The second kappa shape index (κ2) is 5.58. The molecule has 0 radical (unpaired) electrons. The summed E-state index contributed by atoms with van der Waals surface area (Å²) >= 11 is 0. The van der Waals surface area contributed by atoms with E-state index in [0.29, 0.717) is 31.1 Å². The SMILES string of the molecule is O=C1CC(C(=O)N2CCc3ccc([N+](=O)[O-])cc32)CN1CC1CC1. The molecule has 3 aliphatic rings. The maximum absolute atomic E-state index is 12.9. The molecule has 1 aliphatic carbocycles. The van der Waals surface area contributed by atoms with Crippen LogP contribution in [0.15, 0.2) is 18.2 Å². The molecule has 0 aromatic heterocycles. The van der Waals surface area contributed by atoms with Crippen molar-refractivity contribution in [1.29, 1.82) is 0 Å². The van der Waals surface area contributed by atoms with E-state index in [9.17, 15) is 19.7 Å². The predicted octanol–water partition coefficient (Wildman–Crippen LogP) is 1.74. The molecule has 1 atom stereocenters. The first-order valence-corrected chi connectivity index (χ1v) is 8.39. The van der Waals surface area contributed by atoms with Crippen molar-refractivity contribution < 1.29 is 14.5 Å². The lowest BCUT2D eigenvalue weighted by Crippen LogP contribution is -2.36. The first-order chi connectivity index (χ1) is 11.5. The Morgan fingerprint density at radius 2 is 2.12 bits per heavy atom. The minimum atomic E-state index is -0.447. The Hall–Kier alpha value is -2.44. The van der Waals surface area contributed by atoms with Crippen LogP contribution in [-0.4, -0.2) is 41.3 Å². The van der Waals surface area contributed by atoms with E-state index in [4.69, 9.17) is 0 Å². The molecular formula is C17H19N3O4. The van der Waals surface area contributed by atoms with Gasteiger partial charge < -0.3 is 9.80 Å². The number of fused-ring (bicyclic) bond motifs is 1. The fourth-order valence-corrected chi connectivity index (χ4v) is 3.66. The fraction of sp³-hybridized carbons (Fsp3) is 0.529. The van der Waals surface area contributed by atoms with Crippen LogP contribution in [0.5, 0.6) is 0 Å². The van der Waals surface area contributed by atoms with E-state index >= 15 is 0 Å². The number of benzene rings is 1. The van der Waals surface area contributed by atoms with Crippen LogP contribution in [-0.2, 0) is 16.0 Å². The van der Waals surface area contributed by atoms with Crippen molar-refractivity contribution in [1.82, 2.24) is 4.90 Å². The smallest absolute Gasteiger partial charge is 0.271 e. The van der Waals surface area contributed by atoms with Gasteiger partial charge in [-0.2, -0.15) is 0 Å². The highest BCUT2D eigenvalue weighted by Gasteiger charge is 2.40. The van der Waals surface area contributed by atoms with Crippen LogP contribution in [0.1, 0.15) is 24.8 Å². The Morgan fingerprint density at radius 1 is 1.33 bits per heavy atom. The fourth-order valence-electron chi connectivity index (χ4n) is 3.66. The summed E-state index contributed by atoms with van der Waals surface area (Å²) in [6.45, 7) is 1.78. The third kappa shape index (κ3) is 2.64. The van der Waals surface area contributed by atoms with Crippen molar-refractivity contribution in [2.45, 2.75) is 25.7 Å². The van der Waals surface area contributed by atoms with Gasteiger partial charge in [0, 0.05) is 38.2 Å². The summed E-state index contributed by atoms with van der Waals surface area (Å²) in [7, 11) is 0. The average Bonchev–Trinajstić information content (AvgIpc) is 3.16. The van der Waals surface area contributed by atoms with Gasteiger partial charge in [-0.15, -0.1) is 0 Å². The molecule has 7 nitrogen and oxygen atoms in total. The van der Waals surface area contributed by atoms with Crippen LogP contribution in [0.25, 0.3) is 0 Å². The zero-order valence-electron chi connectivity index (χ0n) is 13.3. The van der Waals surface area contributed by atoms with Crippen LogP contribution in [0.3, 0.4) is 0 Å². The molecule has 126 valence electrons. The van der Waals surface area contributed by atoms with Gasteiger partial charge in [-0.3, -0.25) is 19.7 Å². The van der Waals surface area contributed by atoms with E-state index < -0.39 is 4.92 Å². The summed E-state index contributed by atoms with van der Waals surface area (Å²) in [4.78, 5) is 39.0. The number of nitro groups is 1. The second-order valence-electron chi connectivity index (χ2n) is 6.95. The number of nitro benzene ring substituents is 1. The molecule has 2 amide bonds. The molecule has 0 spiro atoms. The average molecular weight is 329 g/mol. The Morgan fingerprint density at radius 3 is 2.83 bits per heavy atom. The van der Waals surface area contributed by atoms with Crippen molar-refractivity contribution >= 4 is 23.2 Å². The number of nitrogens with zero attached hydrogens (tertiary/aromatic N) is 3. The number of non-ortho nitro benzene ring substituents is 1. The monoisotopic (exact) mass is 329 g/mol. The number of likely N-dealkylation sites (tertiary alicyclic amines) is 1. The summed E-state index contributed by atoms with van der Waals surface area (Å²) in [6, 6.07) is 4.67. The quantitative estimate of drug-likeness (QED) is 0.622. The highest BCUT2D eigenvalue weighted by Crippen LogP contribution is 2.35. The largest absolute Gasteiger partial charge is 0.342 e. The van der Waals surface area contributed by atoms with Gasteiger partial charge >= 0.3 is 0 Å². The van der Waals surface area contributed by atoms with Gasteiger partial charge in [-0.1, -0.05) is 6.07 Å². The van der Waals surface area contributed by atoms with E-state index in [2.05, 4.69) is 0 Å². The number of rotatable bonds is 4. The number of hydrogen-bond donors (Lipinski definition) is 0. The highest BCUT2D eigenvalue weighted by atomic mass is 16.6. The minimum Gasteiger partial charge on any atom is -0.342 e. The van der Waals surface area contributed by atoms with Crippen molar-refractivity contribution in [2.24, 2.45) is 11.8 Å². The Balaban J connectivity index is 1.51. The van der Waals surface area contributed by atoms with Crippen molar-refractivity contribution in [3.8, 4) is 0 Å². The molecule has 0 N–H and O–H groups in total. The van der Waals surface area contributed by atoms with Gasteiger partial charge in [0.2, 0.25) is 11.8 Å². The molecular weight excluding hydrogens is 310 g/mol. The normalized spacial score (nSPS) is 22.8. The van der Waals surface area contributed by atoms with Crippen LogP contribution in [0.2, 0.25) is 0 Å². The van der Waals surface area contributed by atoms with Crippen LogP contribution < -0.4 is 4.90 Å². The lowest BCUT2D eigenvalue weighted by atomic mass is 10.1. The zero-order valence-corrected chi connectivity index (χ0v) is 13.3. The van der Waals surface area contributed by atoms with Crippen molar-refractivity contribution in [2.75, 3.05) is 24.5 Å². The maximum Gasteiger partial charge on any atom is 0.271 e. The van der Waals surface area contributed by atoms with Crippen LogP contribution >= 0.6 is 0 Å². The Kier molecular flexibility index (Phi) is 3.51. The third-order valence-electron chi connectivity index (χ3n) is 5.18. The van der Waals surface area contributed by atoms with Crippen LogP contribution in [0, 0.1) is 22.0 Å². The summed E-state index contributed by atoms with van der Waals surface area (Å²) < 4.78 is 0.